The van der Waals surface area contributed by atoms with E-state index < -0.39 is 0 Å². The van der Waals surface area contributed by atoms with Crippen LogP contribution in [-0.2, 0) is 6.42 Å². The predicted octanol–water partition coefficient (Wildman–Crippen LogP) is 4.92. The van der Waals surface area contributed by atoms with Crippen LogP contribution in [0.25, 0.3) is 0 Å². The van der Waals surface area contributed by atoms with E-state index in [1.807, 2.05) is 24.0 Å². The number of likely N-dealkylation sites (N-methyl/N-ethyl adjacent to an activating group) is 1. The number of benzene rings is 1. The van der Waals surface area contributed by atoms with Crippen molar-refractivity contribution in [3.05, 3.63) is 57.2 Å². The highest BCUT2D eigenvalue weighted by Gasteiger charge is 2.10. The first kappa shape index (κ1) is 17.0. The summed E-state index contributed by atoms with van der Waals surface area (Å²) in [6, 6.07) is 13.0. The van der Waals surface area contributed by atoms with E-state index in [-0.39, 0.29) is 0 Å². The Kier molecular flexibility index (Phi) is 7.23. The highest BCUT2D eigenvalue weighted by molar-refractivity contribution is 9.10. The van der Waals surface area contributed by atoms with Gasteiger partial charge in [-0.3, -0.25) is 4.98 Å². The first-order valence-corrected chi connectivity index (χ1v) is 9.46. The van der Waals surface area contributed by atoms with Crippen LogP contribution in [0.5, 0.6) is 0 Å². The Hall–Kier alpha value is -0.360. The Morgan fingerprint density at radius 2 is 1.81 bits per heavy atom. The lowest BCUT2D eigenvalue weighted by Gasteiger charge is -2.17. The molecular formula is C16H18Br2N2S. The largest absolute Gasteiger partial charge is 0.313 e. The van der Waals surface area contributed by atoms with Crippen LogP contribution in [0.4, 0.5) is 0 Å². The van der Waals surface area contributed by atoms with Gasteiger partial charge in [-0.25, -0.2) is 0 Å². The monoisotopic (exact) mass is 428 g/mol. The van der Waals surface area contributed by atoms with Crippen molar-refractivity contribution in [3.63, 3.8) is 0 Å². The van der Waals surface area contributed by atoms with Gasteiger partial charge < -0.3 is 5.32 Å². The first-order chi connectivity index (χ1) is 10.2. The standard InChI is InChI=1S/C16H18Br2N2S/c1-2-19-15(9-14-6-3-13(18)10-20-14)11-21-16-7-4-12(17)5-8-16/h3-8,10,15,19H,2,9,11H2,1H3. The van der Waals surface area contributed by atoms with E-state index >= 15 is 0 Å². The summed E-state index contributed by atoms with van der Waals surface area (Å²) >= 11 is 8.77. The molecule has 112 valence electrons. The van der Waals surface area contributed by atoms with Crippen LogP contribution >= 0.6 is 43.6 Å². The SMILES string of the molecule is CCNC(CSc1ccc(Br)cc1)Cc1ccc(Br)cn1. The van der Waals surface area contributed by atoms with Crippen LogP contribution < -0.4 is 5.32 Å². The van der Waals surface area contributed by atoms with Crippen molar-refractivity contribution in [3.8, 4) is 0 Å². The van der Waals surface area contributed by atoms with Crippen LogP contribution in [0.15, 0.2) is 56.4 Å². The van der Waals surface area contributed by atoms with E-state index in [0.717, 1.165) is 33.4 Å². The lowest BCUT2D eigenvalue weighted by atomic mass is 10.1. The zero-order chi connectivity index (χ0) is 15.1. The molecule has 0 fully saturated rings. The van der Waals surface area contributed by atoms with E-state index in [0.29, 0.717) is 6.04 Å². The maximum atomic E-state index is 4.46. The molecule has 2 nitrogen and oxygen atoms in total. The van der Waals surface area contributed by atoms with Crippen LogP contribution in [0.3, 0.4) is 0 Å². The van der Waals surface area contributed by atoms with Crippen molar-refractivity contribution >= 4 is 43.6 Å². The third kappa shape index (κ3) is 6.10. The predicted molar refractivity (Wildman–Crippen MR) is 98.0 cm³/mol. The molecule has 0 amide bonds. The minimum absolute atomic E-state index is 0.428. The fraction of sp³-hybridized carbons (Fsp3) is 0.312. The van der Waals surface area contributed by atoms with Gasteiger partial charge in [-0.2, -0.15) is 0 Å². The molecule has 0 bridgehead atoms. The number of hydrogen-bond acceptors (Lipinski definition) is 3. The number of aromatic nitrogens is 1. The average Bonchev–Trinajstić information content (AvgIpc) is 2.49. The Bertz CT molecular complexity index is 543. The molecule has 0 aliphatic carbocycles. The smallest absolute Gasteiger partial charge is 0.0420 e. The Labute approximate surface area is 147 Å². The Balaban J connectivity index is 1.92. The Morgan fingerprint density at radius 1 is 1.10 bits per heavy atom. The van der Waals surface area contributed by atoms with E-state index in [9.17, 15) is 0 Å². The second kappa shape index (κ2) is 8.93. The zero-order valence-electron chi connectivity index (χ0n) is 11.9. The normalized spacial score (nSPS) is 12.3. The molecule has 2 aromatic rings. The van der Waals surface area contributed by atoms with E-state index in [1.54, 1.807) is 0 Å². The molecule has 21 heavy (non-hydrogen) atoms. The maximum Gasteiger partial charge on any atom is 0.0420 e. The third-order valence-electron chi connectivity index (χ3n) is 3.00. The summed E-state index contributed by atoms with van der Waals surface area (Å²) in [5, 5.41) is 3.55. The average molecular weight is 430 g/mol. The van der Waals surface area contributed by atoms with Gasteiger partial charge >= 0.3 is 0 Å². The molecule has 2 rings (SSSR count). The van der Waals surface area contributed by atoms with E-state index in [1.165, 1.54) is 4.90 Å². The molecule has 1 N–H and O–H groups in total. The van der Waals surface area contributed by atoms with Crippen molar-refractivity contribution in [2.24, 2.45) is 0 Å². The van der Waals surface area contributed by atoms with Crippen LogP contribution in [0, 0.1) is 0 Å². The van der Waals surface area contributed by atoms with Crippen LogP contribution in [0.2, 0.25) is 0 Å². The van der Waals surface area contributed by atoms with Gasteiger partial charge in [0.25, 0.3) is 0 Å². The summed E-state index contributed by atoms with van der Waals surface area (Å²) in [5.41, 5.74) is 1.13. The third-order valence-corrected chi connectivity index (χ3v) is 5.17. The molecule has 1 atom stereocenters. The van der Waals surface area contributed by atoms with Gasteiger partial charge in [-0.15, -0.1) is 11.8 Å². The number of pyridine rings is 1. The molecule has 0 saturated carbocycles. The summed E-state index contributed by atoms with van der Waals surface area (Å²) in [7, 11) is 0. The molecule has 0 radical (unpaired) electrons. The molecule has 0 saturated heterocycles. The van der Waals surface area contributed by atoms with Crippen molar-refractivity contribution in [1.29, 1.82) is 0 Å². The number of halogens is 2. The summed E-state index contributed by atoms with van der Waals surface area (Å²) < 4.78 is 2.14. The number of hydrogen-bond donors (Lipinski definition) is 1. The van der Waals surface area contributed by atoms with Gasteiger partial charge in [-0.1, -0.05) is 22.9 Å². The zero-order valence-corrected chi connectivity index (χ0v) is 15.8. The number of nitrogens with one attached hydrogen (secondary N) is 1. The molecule has 1 heterocycles. The highest BCUT2D eigenvalue weighted by atomic mass is 79.9. The van der Waals surface area contributed by atoms with Crippen molar-refractivity contribution in [2.45, 2.75) is 24.3 Å². The number of thioether (sulfide) groups is 1. The molecule has 0 spiro atoms. The fourth-order valence-electron chi connectivity index (χ4n) is 1.99. The summed E-state index contributed by atoms with van der Waals surface area (Å²) in [6.45, 7) is 3.12. The lowest BCUT2D eigenvalue weighted by Crippen LogP contribution is -2.33. The van der Waals surface area contributed by atoms with Gasteiger partial charge in [0.2, 0.25) is 0 Å². The summed E-state index contributed by atoms with van der Waals surface area (Å²) in [5.74, 6) is 1.03. The lowest BCUT2D eigenvalue weighted by molar-refractivity contribution is 0.566. The molecule has 0 aliphatic rings. The van der Waals surface area contributed by atoms with Crippen molar-refractivity contribution in [2.75, 3.05) is 12.3 Å². The second-order valence-electron chi connectivity index (χ2n) is 4.69. The van der Waals surface area contributed by atoms with Crippen LogP contribution in [0.1, 0.15) is 12.6 Å². The molecule has 1 aromatic heterocycles. The van der Waals surface area contributed by atoms with Gasteiger partial charge in [0, 0.05) is 43.9 Å². The van der Waals surface area contributed by atoms with Gasteiger partial charge in [0.15, 0.2) is 0 Å². The first-order valence-electron chi connectivity index (χ1n) is 6.89. The van der Waals surface area contributed by atoms with Gasteiger partial charge in [0.05, 0.1) is 0 Å². The number of rotatable bonds is 7. The Morgan fingerprint density at radius 3 is 2.43 bits per heavy atom. The summed E-state index contributed by atoms with van der Waals surface area (Å²) in [6.07, 6.45) is 2.81. The van der Waals surface area contributed by atoms with E-state index in [2.05, 4.69) is 79.4 Å². The van der Waals surface area contributed by atoms with Gasteiger partial charge in [0.1, 0.15) is 0 Å². The quantitative estimate of drug-likeness (QED) is 0.632. The minimum atomic E-state index is 0.428. The second-order valence-corrected chi connectivity index (χ2v) is 7.62. The molecule has 1 unspecified atom stereocenters. The van der Waals surface area contributed by atoms with Crippen molar-refractivity contribution < 1.29 is 0 Å². The van der Waals surface area contributed by atoms with Gasteiger partial charge in [-0.05, 0) is 58.9 Å². The number of nitrogens with zero attached hydrogens (tertiary/aromatic N) is 1. The molecule has 0 aliphatic heterocycles. The topological polar surface area (TPSA) is 24.9 Å². The highest BCUT2D eigenvalue weighted by Crippen LogP contribution is 2.22. The molecule has 5 heteroatoms. The van der Waals surface area contributed by atoms with Crippen LogP contribution in [-0.4, -0.2) is 23.3 Å². The van der Waals surface area contributed by atoms with Crippen molar-refractivity contribution in [1.82, 2.24) is 10.3 Å². The summed E-state index contributed by atoms with van der Waals surface area (Å²) in [4.78, 5) is 5.76. The molecular weight excluding hydrogens is 412 g/mol. The minimum Gasteiger partial charge on any atom is -0.313 e. The maximum absolute atomic E-state index is 4.46. The fourth-order valence-corrected chi connectivity index (χ4v) is 3.44. The molecule has 1 aromatic carbocycles. The van der Waals surface area contributed by atoms with E-state index in [4.69, 9.17) is 0 Å².